The van der Waals surface area contributed by atoms with E-state index in [4.69, 9.17) is 5.11 Å². The molecule has 1 amide bonds. The lowest BCUT2D eigenvalue weighted by atomic mass is 10.1. The van der Waals surface area contributed by atoms with Gasteiger partial charge < -0.3 is 10.4 Å². The lowest BCUT2D eigenvalue weighted by Crippen LogP contribution is -2.11. The maximum absolute atomic E-state index is 11.6. The third kappa shape index (κ3) is 4.71. The number of aliphatic hydroxyl groups excluding tert-OH is 1. The molecule has 2 N–H and O–H groups in total. The molecule has 0 aromatic heterocycles. The van der Waals surface area contributed by atoms with Gasteiger partial charge in [-0.05, 0) is 18.6 Å². The molecule has 0 saturated heterocycles. The molecular weight excluding hydrogens is 214 g/mol. The standard InChI is InChI=1S/C14H17NO2/c1-2-3-10-14(17)15-13-9-5-4-7-12(13)8-6-11-16/h4-5,7,9,16H,2-3,10-11H2,1H3,(H,15,17). The van der Waals surface area contributed by atoms with Gasteiger partial charge in [0.2, 0.25) is 5.91 Å². The maximum atomic E-state index is 11.6. The van der Waals surface area contributed by atoms with Crippen LogP contribution in [0.2, 0.25) is 0 Å². The highest BCUT2D eigenvalue weighted by atomic mass is 16.2. The van der Waals surface area contributed by atoms with Crippen LogP contribution >= 0.6 is 0 Å². The Bertz CT molecular complexity index is 429. The minimum Gasteiger partial charge on any atom is -0.384 e. The molecule has 0 spiro atoms. The van der Waals surface area contributed by atoms with Crippen molar-refractivity contribution >= 4 is 11.6 Å². The van der Waals surface area contributed by atoms with Gasteiger partial charge in [0.05, 0.1) is 5.69 Å². The van der Waals surface area contributed by atoms with Crippen molar-refractivity contribution < 1.29 is 9.90 Å². The molecule has 0 aliphatic carbocycles. The number of unbranched alkanes of at least 4 members (excludes halogenated alkanes) is 1. The molecule has 0 heterocycles. The molecular formula is C14H17NO2. The van der Waals surface area contributed by atoms with Crippen molar-refractivity contribution in [2.45, 2.75) is 26.2 Å². The lowest BCUT2D eigenvalue weighted by molar-refractivity contribution is -0.116. The number of amides is 1. The first-order chi connectivity index (χ1) is 8.27. The van der Waals surface area contributed by atoms with E-state index < -0.39 is 0 Å². The smallest absolute Gasteiger partial charge is 0.224 e. The Kier molecular flexibility index (Phi) is 5.84. The highest BCUT2D eigenvalue weighted by Crippen LogP contribution is 2.14. The molecule has 3 nitrogen and oxygen atoms in total. The van der Waals surface area contributed by atoms with E-state index in [2.05, 4.69) is 17.2 Å². The van der Waals surface area contributed by atoms with E-state index in [1.807, 2.05) is 31.2 Å². The number of aliphatic hydroxyl groups is 1. The second-order valence-electron chi connectivity index (χ2n) is 3.66. The van der Waals surface area contributed by atoms with Gasteiger partial charge in [-0.3, -0.25) is 4.79 Å². The first-order valence-corrected chi connectivity index (χ1v) is 5.76. The Hall–Kier alpha value is -1.79. The summed E-state index contributed by atoms with van der Waals surface area (Å²) in [7, 11) is 0. The van der Waals surface area contributed by atoms with Gasteiger partial charge in [-0.1, -0.05) is 37.3 Å². The quantitative estimate of drug-likeness (QED) is 0.780. The van der Waals surface area contributed by atoms with E-state index in [0.29, 0.717) is 12.1 Å². The molecule has 0 aliphatic rings. The third-order valence-electron chi connectivity index (χ3n) is 2.26. The van der Waals surface area contributed by atoms with E-state index in [0.717, 1.165) is 18.4 Å². The summed E-state index contributed by atoms with van der Waals surface area (Å²) in [6.07, 6.45) is 2.41. The minimum absolute atomic E-state index is 0.00472. The summed E-state index contributed by atoms with van der Waals surface area (Å²) < 4.78 is 0. The van der Waals surface area contributed by atoms with Crippen LogP contribution in [0.5, 0.6) is 0 Å². The number of rotatable bonds is 4. The van der Waals surface area contributed by atoms with Crippen molar-refractivity contribution in [2.75, 3.05) is 11.9 Å². The van der Waals surface area contributed by atoms with Crippen LogP contribution in [0.15, 0.2) is 24.3 Å². The van der Waals surface area contributed by atoms with Crippen molar-refractivity contribution in [3.63, 3.8) is 0 Å². The van der Waals surface area contributed by atoms with Gasteiger partial charge in [-0.15, -0.1) is 0 Å². The van der Waals surface area contributed by atoms with Crippen LogP contribution in [-0.4, -0.2) is 17.6 Å². The number of para-hydroxylation sites is 1. The monoisotopic (exact) mass is 231 g/mol. The lowest BCUT2D eigenvalue weighted by Gasteiger charge is -2.06. The summed E-state index contributed by atoms with van der Waals surface area (Å²) in [6.45, 7) is 1.87. The molecule has 17 heavy (non-hydrogen) atoms. The van der Waals surface area contributed by atoms with E-state index >= 15 is 0 Å². The van der Waals surface area contributed by atoms with Crippen LogP contribution < -0.4 is 5.32 Å². The van der Waals surface area contributed by atoms with Gasteiger partial charge in [-0.25, -0.2) is 0 Å². The second-order valence-corrected chi connectivity index (χ2v) is 3.66. The predicted octanol–water partition coefficient (Wildman–Crippen LogP) is 2.16. The van der Waals surface area contributed by atoms with Gasteiger partial charge in [0, 0.05) is 12.0 Å². The van der Waals surface area contributed by atoms with Gasteiger partial charge in [-0.2, -0.15) is 0 Å². The molecule has 90 valence electrons. The van der Waals surface area contributed by atoms with Crippen molar-refractivity contribution in [3.8, 4) is 11.8 Å². The number of anilines is 1. The molecule has 1 aromatic carbocycles. The molecule has 0 atom stereocenters. The number of nitrogens with one attached hydrogen (secondary N) is 1. The Labute approximate surface area is 102 Å². The van der Waals surface area contributed by atoms with Crippen LogP contribution in [0, 0.1) is 11.8 Å². The Morgan fingerprint density at radius 1 is 1.41 bits per heavy atom. The number of hydrogen-bond acceptors (Lipinski definition) is 2. The molecule has 0 aliphatic heterocycles. The molecule has 0 saturated carbocycles. The zero-order valence-electron chi connectivity index (χ0n) is 9.99. The Morgan fingerprint density at radius 2 is 2.18 bits per heavy atom. The fourth-order valence-corrected chi connectivity index (χ4v) is 1.39. The first-order valence-electron chi connectivity index (χ1n) is 5.76. The number of hydrogen-bond donors (Lipinski definition) is 2. The van der Waals surface area contributed by atoms with Crippen molar-refractivity contribution in [2.24, 2.45) is 0 Å². The van der Waals surface area contributed by atoms with Crippen LogP contribution in [0.3, 0.4) is 0 Å². The highest BCUT2D eigenvalue weighted by molar-refractivity contribution is 5.92. The Balaban J connectivity index is 2.73. The van der Waals surface area contributed by atoms with Crippen molar-refractivity contribution in [3.05, 3.63) is 29.8 Å². The molecule has 0 bridgehead atoms. The number of benzene rings is 1. The maximum Gasteiger partial charge on any atom is 0.224 e. The zero-order valence-corrected chi connectivity index (χ0v) is 9.99. The van der Waals surface area contributed by atoms with E-state index in [1.54, 1.807) is 0 Å². The van der Waals surface area contributed by atoms with Gasteiger partial charge in [0.25, 0.3) is 0 Å². The summed E-state index contributed by atoms with van der Waals surface area (Å²) in [5.41, 5.74) is 1.43. The van der Waals surface area contributed by atoms with E-state index in [1.165, 1.54) is 0 Å². The van der Waals surface area contributed by atoms with Crippen molar-refractivity contribution in [1.29, 1.82) is 0 Å². The molecule has 0 unspecified atom stereocenters. The molecule has 0 radical (unpaired) electrons. The summed E-state index contributed by atoms with van der Waals surface area (Å²) in [6, 6.07) is 7.33. The molecule has 0 fully saturated rings. The largest absolute Gasteiger partial charge is 0.384 e. The molecule has 3 heteroatoms. The normalized spacial score (nSPS) is 9.29. The van der Waals surface area contributed by atoms with Gasteiger partial charge in [0.15, 0.2) is 0 Å². The first kappa shape index (κ1) is 13.3. The van der Waals surface area contributed by atoms with Crippen LogP contribution in [0.25, 0.3) is 0 Å². The van der Waals surface area contributed by atoms with Crippen LogP contribution in [-0.2, 0) is 4.79 Å². The van der Waals surface area contributed by atoms with E-state index in [-0.39, 0.29) is 12.5 Å². The third-order valence-corrected chi connectivity index (χ3v) is 2.26. The highest BCUT2D eigenvalue weighted by Gasteiger charge is 2.04. The van der Waals surface area contributed by atoms with Gasteiger partial charge in [0.1, 0.15) is 6.61 Å². The fraction of sp³-hybridized carbons (Fsp3) is 0.357. The summed E-state index contributed by atoms with van der Waals surface area (Å²) in [5, 5.41) is 11.5. The van der Waals surface area contributed by atoms with Crippen LogP contribution in [0.1, 0.15) is 31.7 Å². The molecule has 1 aromatic rings. The SMILES string of the molecule is CCCCC(=O)Nc1ccccc1C#CCO. The van der Waals surface area contributed by atoms with Crippen LogP contribution in [0.4, 0.5) is 5.69 Å². The Morgan fingerprint density at radius 3 is 2.88 bits per heavy atom. The topological polar surface area (TPSA) is 49.3 Å². The fourth-order valence-electron chi connectivity index (χ4n) is 1.39. The summed E-state index contributed by atoms with van der Waals surface area (Å²) in [4.78, 5) is 11.6. The molecule has 1 rings (SSSR count). The zero-order chi connectivity index (χ0) is 12.5. The summed E-state index contributed by atoms with van der Waals surface area (Å²) in [5.74, 6) is 5.39. The van der Waals surface area contributed by atoms with Gasteiger partial charge >= 0.3 is 0 Å². The average Bonchev–Trinajstić information content (AvgIpc) is 2.35. The predicted molar refractivity (Wildman–Crippen MR) is 68.6 cm³/mol. The minimum atomic E-state index is -0.182. The summed E-state index contributed by atoms with van der Waals surface area (Å²) >= 11 is 0. The second kappa shape index (κ2) is 7.48. The van der Waals surface area contributed by atoms with Crippen molar-refractivity contribution in [1.82, 2.24) is 0 Å². The number of carbonyl (C=O) groups is 1. The van der Waals surface area contributed by atoms with E-state index in [9.17, 15) is 4.79 Å². The number of carbonyl (C=O) groups excluding carboxylic acids is 1. The average molecular weight is 231 g/mol.